The van der Waals surface area contributed by atoms with Crippen LogP contribution in [0.5, 0.6) is 0 Å². The largest absolute Gasteiger partial charge is 0.466 e. The lowest BCUT2D eigenvalue weighted by molar-refractivity contribution is -0.145. The van der Waals surface area contributed by atoms with Crippen molar-refractivity contribution in [2.75, 3.05) is 6.61 Å². The summed E-state index contributed by atoms with van der Waals surface area (Å²) in [6, 6.07) is 0. The SMILES string of the molecule is C/C=C\C(C)C1C(C(=O)OCC)C1(C)C. The number of esters is 1. The van der Waals surface area contributed by atoms with Crippen LogP contribution in [0.25, 0.3) is 0 Å². The minimum atomic E-state index is -0.0242. The topological polar surface area (TPSA) is 26.3 Å². The maximum Gasteiger partial charge on any atom is 0.309 e. The van der Waals surface area contributed by atoms with Crippen LogP contribution in [0.3, 0.4) is 0 Å². The number of carbonyl (C=O) groups excluding carboxylic acids is 1. The van der Waals surface area contributed by atoms with E-state index in [2.05, 4.69) is 32.9 Å². The summed E-state index contributed by atoms with van der Waals surface area (Å²) in [6.07, 6.45) is 4.23. The Hall–Kier alpha value is -0.790. The standard InChI is InChI=1S/C13H22O2/c1-6-8-9(3)10-11(13(10,4)5)12(14)15-7-2/h6,8-11H,7H2,1-5H3/b8-6-. The molecule has 86 valence electrons. The van der Waals surface area contributed by atoms with Crippen molar-refractivity contribution < 1.29 is 9.53 Å². The Morgan fingerprint density at radius 2 is 2.13 bits per heavy atom. The van der Waals surface area contributed by atoms with Gasteiger partial charge in [-0.15, -0.1) is 0 Å². The number of carbonyl (C=O) groups is 1. The monoisotopic (exact) mass is 210 g/mol. The summed E-state index contributed by atoms with van der Waals surface area (Å²) in [5, 5.41) is 0. The fourth-order valence-corrected chi connectivity index (χ4v) is 2.76. The lowest BCUT2D eigenvalue weighted by Gasteiger charge is -2.06. The van der Waals surface area contributed by atoms with Crippen molar-refractivity contribution in [1.29, 1.82) is 0 Å². The van der Waals surface area contributed by atoms with Crippen molar-refractivity contribution >= 4 is 5.97 Å². The number of hydrogen-bond donors (Lipinski definition) is 0. The summed E-state index contributed by atoms with van der Waals surface area (Å²) >= 11 is 0. The lowest BCUT2D eigenvalue weighted by atomic mass is 9.99. The first-order valence-electron chi connectivity index (χ1n) is 5.76. The normalized spacial score (nSPS) is 30.2. The molecule has 0 spiro atoms. The highest BCUT2D eigenvalue weighted by atomic mass is 16.5. The summed E-state index contributed by atoms with van der Waals surface area (Å²) in [5.41, 5.74) is 0.102. The van der Waals surface area contributed by atoms with Gasteiger partial charge in [-0.05, 0) is 31.1 Å². The van der Waals surface area contributed by atoms with Crippen LogP contribution in [0.1, 0.15) is 34.6 Å². The van der Waals surface area contributed by atoms with Gasteiger partial charge in [-0.3, -0.25) is 4.79 Å². The fourth-order valence-electron chi connectivity index (χ4n) is 2.76. The third-order valence-electron chi connectivity index (χ3n) is 3.51. The second-order valence-electron chi connectivity index (χ2n) is 4.96. The molecule has 1 fully saturated rings. The van der Waals surface area contributed by atoms with E-state index in [0.717, 1.165) is 0 Å². The molecule has 0 radical (unpaired) electrons. The number of hydrogen-bond acceptors (Lipinski definition) is 2. The molecule has 0 aromatic heterocycles. The van der Waals surface area contributed by atoms with Gasteiger partial charge in [0.15, 0.2) is 0 Å². The van der Waals surface area contributed by atoms with Crippen LogP contribution in [0.4, 0.5) is 0 Å². The Morgan fingerprint density at radius 1 is 1.53 bits per heavy atom. The molecule has 1 saturated carbocycles. The Balaban J connectivity index is 2.66. The highest BCUT2D eigenvalue weighted by Crippen LogP contribution is 2.62. The van der Waals surface area contributed by atoms with Crippen LogP contribution in [-0.2, 0) is 9.53 Å². The molecule has 0 N–H and O–H groups in total. The molecular formula is C13H22O2. The molecule has 1 aliphatic rings. The van der Waals surface area contributed by atoms with E-state index in [1.807, 2.05) is 13.8 Å². The van der Waals surface area contributed by atoms with Gasteiger partial charge in [0.1, 0.15) is 0 Å². The number of ether oxygens (including phenoxy) is 1. The quantitative estimate of drug-likeness (QED) is 0.526. The van der Waals surface area contributed by atoms with Gasteiger partial charge in [0.25, 0.3) is 0 Å². The Labute approximate surface area is 92.7 Å². The first-order chi connectivity index (χ1) is 6.96. The van der Waals surface area contributed by atoms with E-state index in [0.29, 0.717) is 18.4 Å². The van der Waals surface area contributed by atoms with E-state index in [1.54, 1.807) is 0 Å². The van der Waals surface area contributed by atoms with E-state index >= 15 is 0 Å². The zero-order valence-corrected chi connectivity index (χ0v) is 10.4. The van der Waals surface area contributed by atoms with Crippen molar-refractivity contribution in [1.82, 2.24) is 0 Å². The van der Waals surface area contributed by atoms with Gasteiger partial charge >= 0.3 is 5.97 Å². The highest BCUT2D eigenvalue weighted by molar-refractivity contribution is 5.77. The maximum absolute atomic E-state index is 11.7. The predicted molar refractivity (Wildman–Crippen MR) is 61.4 cm³/mol. The Morgan fingerprint density at radius 3 is 2.60 bits per heavy atom. The molecule has 3 unspecified atom stereocenters. The fraction of sp³-hybridized carbons (Fsp3) is 0.769. The van der Waals surface area contributed by atoms with Crippen LogP contribution >= 0.6 is 0 Å². The smallest absolute Gasteiger partial charge is 0.309 e. The van der Waals surface area contributed by atoms with Gasteiger partial charge in [0.05, 0.1) is 12.5 Å². The van der Waals surface area contributed by atoms with E-state index in [9.17, 15) is 4.79 Å². The number of rotatable bonds is 4. The van der Waals surface area contributed by atoms with E-state index < -0.39 is 0 Å². The van der Waals surface area contributed by atoms with Gasteiger partial charge in [0.2, 0.25) is 0 Å². The van der Waals surface area contributed by atoms with E-state index in [4.69, 9.17) is 4.74 Å². The summed E-state index contributed by atoms with van der Waals surface area (Å²) in [4.78, 5) is 11.7. The first kappa shape index (κ1) is 12.3. The van der Waals surface area contributed by atoms with Crippen molar-refractivity contribution in [3.05, 3.63) is 12.2 Å². The average Bonchev–Trinajstić information content (AvgIpc) is 2.70. The van der Waals surface area contributed by atoms with E-state index in [-0.39, 0.29) is 17.3 Å². The summed E-state index contributed by atoms with van der Waals surface area (Å²) in [6.45, 7) is 10.8. The van der Waals surface area contributed by atoms with Crippen molar-refractivity contribution in [2.45, 2.75) is 34.6 Å². The molecule has 0 heterocycles. The van der Waals surface area contributed by atoms with Crippen LogP contribution in [0, 0.1) is 23.2 Å². The Kier molecular flexibility index (Phi) is 3.58. The molecular weight excluding hydrogens is 188 g/mol. The molecule has 1 rings (SSSR count). The van der Waals surface area contributed by atoms with Gasteiger partial charge in [-0.1, -0.05) is 32.9 Å². The van der Waals surface area contributed by atoms with Gasteiger partial charge < -0.3 is 4.74 Å². The maximum atomic E-state index is 11.7. The molecule has 15 heavy (non-hydrogen) atoms. The minimum Gasteiger partial charge on any atom is -0.466 e. The average molecular weight is 210 g/mol. The predicted octanol–water partition coefficient (Wildman–Crippen LogP) is 3.03. The Bertz CT molecular complexity index is 266. The van der Waals surface area contributed by atoms with E-state index in [1.165, 1.54) is 0 Å². The summed E-state index contributed by atoms with van der Waals surface area (Å²) < 4.78 is 5.10. The second-order valence-corrected chi connectivity index (χ2v) is 4.96. The lowest BCUT2D eigenvalue weighted by Crippen LogP contribution is -2.10. The molecule has 2 heteroatoms. The van der Waals surface area contributed by atoms with Crippen LogP contribution in [0.2, 0.25) is 0 Å². The van der Waals surface area contributed by atoms with Crippen molar-refractivity contribution in [3.8, 4) is 0 Å². The molecule has 0 aromatic rings. The molecule has 2 nitrogen and oxygen atoms in total. The summed E-state index contributed by atoms with van der Waals surface area (Å²) in [5.74, 6) is 0.958. The van der Waals surface area contributed by atoms with Gasteiger partial charge in [-0.2, -0.15) is 0 Å². The minimum absolute atomic E-state index is 0.0242. The second kappa shape index (κ2) is 4.38. The third-order valence-corrected chi connectivity index (χ3v) is 3.51. The zero-order chi connectivity index (χ0) is 11.6. The molecule has 0 aromatic carbocycles. The van der Waals surface area contributed by atoms with Crippen molar-refractivity contribution in [2.24, 2.45) is 23.2 Å². The zero-order valence-electron chi connectivity index (χ0n) is 10.4. The van der Waals surface area contributed by atoms with Gasteiger partial charge in [-0.25, -0.2) is 0 Å². The third kappa shape index (κ3) is 2.24. The molecule has 0 bridgehead atoms. The van der Waals surface area contributed by atoms with Crippen LogP contribution < -0.4 is 0 Å². The summed E-state index contributed by atoms with van der Waals surface area (Å²) in [7, 11) is 0. The number of allylic oxidation sites excluding steroid dienone is 2. The highest BCUT2D eigenvalue weighted by Gasteiger charge is 2.63. The molecule has 0 saturated heterocycles. The molecule has 3 atom stereocenters. The van der Waals surface area contributed by atoms with Crippen LogP contribution in [0.15, 0.2) is 12.2 Å². The van der Waals surface area contributed by atoms with Gasteiger partial charge in [0, 0.05) is 0 Å². The molecule has 0 amide bonds. The van der Waals surface area contributed by atoms with Crippen molar-refractivity contribution in [3.63, 3.8) is 0 Å². The molecule has 0 aliphatic heterocycles. The molecule has 1 aliphatic carbocycles. The van der Waals surface area contributed by atoms with Crippen LogP contribution in [-0.4, -0.2) is 12.6 Å². The first-order valence-corrected chi connectivity index (χ1v) is 5.76.